The van der Waals surface area contributed by atoms with Gasteiger partial charge in [0.25, 0.3) is 0 Å². The van der Waals surface area contributed by atoms with Crippen LogP contribution in [0, 0.1) is 23.7 Å². The number of ether oxygens (including phenoxy) is 2. The van der Waals surface area contributed by atoms with E-state index in [-0.39, 0.29) is 18.1 Å². The molecular weight excluding hydrogens is 304 g/mol. The molecule has 0 heterocycles. The summed E-state index contributed by atoms with van der Waals surface area (Å²) in [7, 11) is 0. The Labute approximate surface area is 146 Å². The average molecular weight is 338 g/mol. The highest BCUT2D eigenvalue weighted by molar-refractivity contribution is 5.67. The van der Waals surface area contributed by atoms with Gasteiger partial charge in [0, 0.05) is 13.1 Å². The number of alkyl carbamates (subject to hydrolysis) is 1. The summed E-state index contributed by atoms with van der Waals surface area (Å²) >= 11 is 0. The Bertz CT molecular complexity index is 427. The van der Waals surface area contributed by atoms with Gasteiger partial charge in [0.1, 0.15) is 0 Å². The van der Waals surface area contributed by atoms with Crippen molar-refractivity contribution in [2.24, 2.45) is 29.4 Å². The highest BCUT2D eigenvalue weighted by atomic mass is 16.5. The van der Waals surface area contributed by atoms with Gasteiger partial charge in [-0.3, -0.25) is 0 Å². The third-order valence-corrected chi connectivity index (χ3v) is 5.41. The summed E-state index contributed by atoms with van der Waals surface area (Å²) in [5.74, 6) is 2.30. The molecule has 0 aromatic rings. The van der Waals surface area contributed by atoms with Crippen LogP contribution in [0.25, 0.3) is 0 Å². The van der Waals surface area contributed by atoms with Crippen LogP contribution in [0.15, 0.2) is 12.2 Å². The van der Waals surface area contributed by atoms with Gasteiger partial charge in [-0.15, -0.1) is 0 Å². The fourth-order valence-corrected chi connectivity index (χ4v) is 3.65. The lowest BCUT2D eigenvalue weighted by Crippen LogP contribution is -2.32. The molecule has 5 heteroatoms. The number of nitrogens with two attached hydrogens (primary N) is 1. The van der Waals surface area contributed by atoms with Crippen LogP contribution < -0.4 is 11.1 Å². The Balaban J connectivity index is 1.58. The predicted molar refractivity (Wildman–Crippen MR) is 95.7 cm³/mol. The molecule has 2 rings (SSSR count). The van der Waals surface area contributed by atoms with Crippen LogP contribution in [-0.4, -0.2) is 38.5 Å². The van der Waals surface area contributed by atoms with Crippen LogP contribution in [0.4, 0.5) is 4.79 Å². The van der Waals surface area contributed by atoms with E-state index in [0.717, 1.165) is 18.3 Å². The van der Waals surface area contributed by atoms with E-state index < -0.39 is 0 Å². The SMILES string of the molecule is C=C1CCC[C@@H]2[C@H](CC1)[C@@H]2COC(=O)NCC(C)COC(C)CN. The minimum atomic E-state index is -0.308. The van der Waals surface area contributed by atoms with Crippen molar-refractivity contribution < 1.29 is 14.3 Å². The van der Waals surface area contributed by atoms with E-state index in [0.29, 0.717) is 32.2 Å². The third-order valence-electron chi connectivity index (χ3n) is 5.41. The van der Waals surface area contributed by atoms with Gasteiger partial charge in [-0.2, -0.15) is 0 Å². The maximum atomic E-state index is 11.9. The Morgan fingerprint density at radius 3 is 2.83 bits per heavy atom. The summed E-state index contributed by atoms with van der Waals surface area (Å²) in [5.41, 5.74) is 6.90. The zero-order chi connectivity index (χ0) is 17.5. The van der Waals surface area contributed by atoms with E-state index in [1.165, 1.54) is 31.3 Å². The smallest absolute Gasteiger partial charge is 0.407 e. The number of rotatable bonds is 8. The van der Waals surface area contributed by atoms with Crippen LogP contribution in [0.1, 0.15) is 46.0 Å². The summed E-state index contributed by atoms with van der Waals surface area (Å²) in [5, 5.41) is 2.83. The maximum Gasteiger partial charge on any atom is 0.407 e. The molecule has 2 saturated carbocycles. The highest BCUT2D eigenvalue weighted by Crippen LogP contribution is 2.53. The second kappa shape index (κ2) is 9.42. The van der Waals surface area contributed by atoms with Crippen LogP contribution >= 0.6 is 0 Å². The van der Waals surface area contributed by atoms with E-state index >= 15 is 0 Å². The van der Waals surface area contributed by atoms with Gasteiger partial charge >= 0.3 is 6.09 Å². The summed E-state index contributed by atoms with van der Waals surface area (Å²) < 4.78 is 11.0. The summed E-state index contributed by atoms with van der Waals surface area (Å²) in [6, 6.07) is 0. The number of carbonyl (C=O) groups is 1. The van der Waals surface area contributed by atoms with Crippen LogP contribution in [0.3, 0.4) is 0 Å². The molecular formula is C19H34N2O3. The Morgan fingerprint density at radius 2 is 2.08 bits per heavy atom. The first kappa shape index (κ1) is 19.3. The molecule has 0 bridgehead atoms. The minimum Gasteiger partial charge on any atom is -0.449 e. The Kier molecular flexibility index (Phi) is 7.56. The van der Waals surface area contributed by atoms with Crippen LogP contribution in [0.2, 0.25) is 0 Å². The number of hydrogen-bond acceptors (Lipinski definition) is 4. The van der Waals surface area contributed by atoms with E-state index in [1.54, 1.807) is 0 Å². The molecule has 2 aliphatic rings. The molecule has 5 nitrogen and oxygen atoms in total. The number of amides is 1. The van der Waals surface area contributed by atoms with E-state index in [1.807, 2.05) is 13.8 Å². The average Bonchev–Trinajstić information content (AvgIpc) is 3.22. The van der Waals surface area contributed by atoms with Gasteiger partial charge in [0.2, 0.25) is 0 Å². The first-order chi connectivity index (χ1) is 11.5. The molecule has 138 valence electrons. The molecule has 2 aliphatic carbocycles. The van der Waals surface area contributed by atoms with E-state index in [9.17, 15) is 4.79 Å². The maximum absolute atomic E-state index is 11.9. The Morgan fingerprint density at radius 1 is 1.33 bits per heavy atom. The van der Waals surface area contributed by atoms with Gasteiger partial charge < -0.3 is 20.5 Å². The summed E-state index contributed by atoms with van der Waals surface area (Å²) in [6.45, 7) is 10.3. The molecule has 5 atom stereocenters. The molecule has 0 aliphatic heterocycles. The molecule has 24 heavy (non-hydrogen) atoms. The number of hydrogen-bond donors (Lipinski definition) is 2. The van der Waals surface area contributed by atoms with Crippen LogP contribution in [0.5, 0.6) is 0 Å². The second-order valence-corrected chi connectivity index (χ2v) is 7.64. The third kappa shape index (κ3) is 6.10. The molecule has 0 aromatic carbocycles. The fraction of sp³-hybridized carbons (Fsp3) is 0.842. The molecule has 2 unspecified atom stereocenters. The molecule has 1 amide bonds. The van der Waals surface area contributed by atoms with Gasteiger partial charge in [-0.25, -0.2) is 4.79 Å². The lowest BCUT2D eigenvalue weighted by atomic mass is 9.98. The monoisotopic (exact) mass is 338 g/mol. The lowest BCUT2D eigenvalue weighted by molar-refractivity contribution is 0.0487. The van der Waals surface area contributed by atoms with Crippen molar-refractivity contribution in [2.45, 2.75) is 52.1 Å². The first-order valence-electron chi connectivity index (χ1n) is 9.40. The van der Waals surface area contributed by atoms with Crippen molar-refractivity contribution >= 4 is 6.09 Å². The van der Waals surface area contributed by atoms with Crippen molar-refractivity contribution in [1.29, 1.82) is 0 Å². The van der Waals surface area contributed by atoms with Crippen LogP contribution in [-0.2, 0) is 9.47 Å². The normalized spacial score (nSPS) is 29.0. The summed E-state index contributed by atoms with van der Waals surface area (Å²) in [4.78, 5) is 11.9. The van der Waals surface area contributed by atoms with Gasteiger partial charge in [-0.05, 0) is 62.7 Å². The van der Waals surface area contributed by atoms with Crippen molar-refractivity contribution in [3.8, 4) is 0 Å². The van der Waals surface area contributed by atoms with E-state index in [4.69, 9.17) is 15.2 Å². The fourth-order valence-electron chi connectivity index (χ4n) is 3.65. The first-order valence-corrected chi connectivity index (χ1v) is 9.40. The largest absolute Gasteiger partial charge is 0.449 e. The highest BCUT2D eigenvalue weighted by Gasteiger charge is 2.49. The molecule has 3 N–H and O–H groups in total. The minimum absolute atomic E-state index is 0.0573. The van der Waals surface area contributed by atoms with Gasteiger partial charge in [0.15, 0.2) is 0 Å². The molecule has 2 fully saturated rings. The molecule has 0 aromatic heterocycles. The number of fused-ring (bicyclic) bond motifs is 1. The van der Waals surface area contributed by atoms with Gasteiger partial charge in [-0.1, -0.05) is 19.1 Å². The quantitative estimate of drug-likeness (QED) is 0.667. The topological polar surface area (TPSA) is 73.6 Å². The van der Waals surface area contributed by atoms with Crippen molar-refractivity contribution in [3.05, 3.63) is 12.2 Å². The molecule has 0 radical (unpaired) electrons. The van der Waals surface area contributed by atoms with Crippen molar-refractivity contribution in [1.82, 2.24) is 5.32 Å². The zero-order valence-electron chi connectivity index (χ0n) is 15.3. The predicted octanol–water partition coefficient (Wildman–Crippen LogP) is 3.10. The number of nitrogens with one attached hydrogen (secondary N) is 1. The number of allylic oxidation sites excluding steroid dienone is 1. The van der Waals surface area contributed by atoms with Gasteiger partial charge in [0.05, 0.1) is 19.3 Å². The molecule has 0 spiro atoms. The van der Waals surface area contributed by atoms with E-state index in [2.05, 4.69) is 11.9 Å². The lowest BCUT2D eigenvalue weighted by Gasteiger charge is -2.16. The van der Waals surface area contributed by atoms with Crippen molar-refractivity contribution in [3.63, 3.8) is 0 Å². The Hall–Kier alpha value is -1.07. The summed E-state index contributed by atoms with van der Waals surface area (Å²) in [6.07, 6.45) is 5.77. The zero-order valence-corrected chi connectivity index (χ0v) is 15.3. The van der Waals surface area contributed by atoms with Crippen molar-refractivity contribution in [2.75, 3.05) is 26.3 Å². The second-order valence-electron chi connectivity index (χ2n) is 7.64. The number of carbonyl (C=O) groups excluding carboxylic acids is 1. The standard InChI is InChI=1S/C19H34N2O3/c1-13-5-4-6-16-17(8-7-13)18(16)12-24-19(22)21-10-14(2)11-23-15(3)9-20/h14-18H,1,4-12,20H2,2-3H3,(H,21,22)/t14?,15?,16-,17+,18-/m1/s1. The molecule has 0 saturated heterocycles.